The van der Waals surface area contributed by atoms with Crippen LogP contribution >= 0.6 is 0 Å². The first-order chi connectivity index (χ1) is 10.0. The molecular formula is C15H23N3O3. The first kappa shape index (κ1) is 14.5. The normalized spacial score (nSPS) is 30.0. The lowest BCUT2D eigenvalue weighted by molar-refractivity contribution is -0.151. The van der Waals surface area contributed by atoms with E-state index in [9.17, 15) is 14.4 Å². The summed E-state index contributed by atoms with van der Waals surface area (Å²) >= 11 is 0. The Balaban J connectivity index is 1.76. The van der Waals surface area contributed by atoms with E-state index >= 15 is 0 Å². The quantitative estimate of drug-likeness (QED) is 0.770. The number of piperidine rings is 1. The third kappa shape index (κ3) is 2.46. The van der Waals surface area contributed by atoms with E-state index in [1.165, 1.54) is 4.90 Å². The molecule has 3 rings (SSSR count). The van der Waals surface area contributed by atoms with Crippen LogP contribution in [0.25, 0.3) is 0 Å². The van der Waals surface area contributed by atoms with Crippen LogP contribution in [0.15, 0.2) is 0 Å². The van der Waals surface area contributed by atoms with E-state index in [2.05, 4.69) is 17.3 Å². The molecule has 4 amide bonds. The fraction of sp³-hybridized carbons (Fsp3) is 0.800. The Morgan fingerprint density at radius 3 is 2.57 bits per heavy atom. The van der Waals surface area contributed by atoms with E-state index in [0.717, 1.165) is 38.8 Å². The molecule has 0 radical (unpaired) electrons. The molecule has 3 aliphatic rings. The second-order valence-corrected chi connectivity index (χ2v) is 6.73. The van der Waals surface area contributed by atoms with Gasteiger partial charge < -0.3 is 4.90 Å². The molecule has 21 heavy (non-hydrogen) atoms. The number of imide groups is 2. The summed E-state index contributed by atoms with van der Waals surface area (Å²) < 4.78 is 0. The van der Waals surface area contributed by atoms with Gasteiger partial charge in [-0.05, 0) is 45.2 Å². The van der Waals surface area contributed by atoms with Crippen molar-refractivity contribution in [1.29, 1.82) is 0 Å². The number of rotatable bonds is 2. The van der Waals surface area contributed by atoms with Gasteiger partial charge in [0.25, 0.3) is 0 Å². The highest BCUT2D eigenvalue weighted by Crippen LogP contribution is 2.42. The molecule has 0 aromatic heterocycles. The third-order valence-electron chi connectivity index (χ3n) is 5.17. The molecule has 116 valence electrons. The van der Waals surface area contributed by atoms with Crippen molar-refractivity contribution in [2.75, 3.05) is 26.7 Å². The van der Waals surface area contributed by atoms with Crippen LogP contribution < -0.4 is 5.32 Å². The SMILES string of the molecule is CN1CCCC(CN2C(=O)NC(=O)C3(CCCC3)C2=O)C1. The van der Waals surface area contributed by atoms with E-state index in [4.69, 9.17) is 0 Å². The summed E-state index contributed by atoms with van der Waals surface area (Å²) in [6.07, 6.45) is 5.04. The van der Waals surface area contributed by atoms with E-state index in [-0.39, 0.29) is 11.8 Å². The van der Waals surface area contributed by atoms with Crippen LogP contribution in [0.1, 0.15) is 38.5 Å². The summed E-state index contributed by atoms with van der Waals surface area (Å²) in [5, 5.41) is 2.41. The molecule has 2 saturated heterocycles. The van der Waals surface area contributed by atoms with Crippen molar-refractivity contribution in [2.45, 2.75) is 38.5 Å². The number of nitrogens with zero attached hydrogens (tertiary/aromatic N) is 2. The summed E-state index contributed by atoms with van der Waals surface area (Å²) in [5.74, 6) is -0.334. The zero-order valence-electron chi connectivity index (χ0n) is 12.6. The second-order valence-electron chi connectivity index (χ2n) is 6.73. The molecule has 1 aliphatic carbocycles. The number of barbiturate groups is 1. The van der Waals surface area contributed by atoms with Gasteiger partial charge in [0, 0.05) is 13.1 Å². The molecule has 6 nitrogen and oxygen atoms in total. The summed E-state index contributed by atoms with van der Waals surface area (Å²) in [4.78, 5) is 40.5. The molecule has 2 heterocycles. The molecule has 6 heteroatoms. The molecular weight excluding hydrogens is 270 g/mol. The van der Waals surface area contributed by atoms with Crippen molar-refractivity contribution < 1.29 is 14.4 Å². The smallest absolute Gasteiger partial charge is 0.306 e. The molecule has 0 aromatic carbocycles. The Labute approximate surface area is 124 Å². The molecule has 1 saturated carbocycles. The first-order valence-corrected chi connectivity index (χ1v) is 7.89. The van der Waals surface area contributed by atoms with Crippen LogP contribution in [0.4, 0.5) is 4.79 Å². The number of carbonyl (C=O) groups excluding carboxylic acids is 3. The Morgan fingerprint density at radius 1 is 1.19 bits per heavy atom. The number of hydrogen-bond donors (Lipinski definition) is 1. The number of hydrogen-bond acceptors (Lipinski definition) is 4. The Morgan fingerprint density at radius 2 is 1.90 bits per heavy atom. The van der Waals surface area contributed by atoms with Gasteiger partial charge in [-0.1, -0.05) is 12.8 Å². The van der Waals surface area contributed by atoms with Gasteiger partial charge in [0.05, 0.1) is 0 Å². The maximum atomic E-state index is 12.8. The van der Waals surface area contributed by atoms with Crippen molar-refractivity contribution in [3.63, 3.8) is 0 Å². The van der Waals surface area contributed by atoms with Gasteiger partial charge in [-0.2, -0.15) is 0 Å². The highest BCUT2D eigenvalue weighted by atomic mass is 16.2. The predicted molar refractivity (Wildman–Crippen MR) is 76.4 cm³/mol. The average Bonchev–Trinajstić information content (AvgIpc) is 2.93. The van der Waals surface area contributed by atoms with Gasteiger partial charge in [0.15, 0.2) is 0 Å². The first-order valence-electron chi connectivity index (χ1n) is 7.89. The van der Waals surface area contributed by atoms with Crippen molar-refractivity contribution in [2.24, 2.45) is 11.3 Å². The number of nitrogens with one attached hydrogen (secondary N) is 1. The lowest BCUT2D eigenvalue weighted by Crippen LogP contribution is -2.64. The Hall–Kier alpha value is -1.43. The van der Waals surface area contributed by atoms with Crippen LogP contribution in [0.5, 0.6) is 0 Å². The maximum absolute atomic E-state index is 12.8. The molecule has 1 spiro atoms. The zero-order chi connectivity index (χ0) is 15.0. The molecule has 2 aliphatic heterocycles. The molecule has 1 unspecified atom stereocenters. The van der Waals surface area contributed by atoms with Crippen molar-refractivity contribution >= 4 is 17.8 Å². The highest BCUT2D eigenvalue weighted by Gasteiger charge is 2.55. The number of amides is 4. The monoisotopic (exact) mass is 293 g/mol. The van der Waals surface area contributed by atoms with E-state index in [0.29, 0.717) is 25.3 Å². The van der Waals surface area contributed by atoms with Gasteiger partial charge in [0.1, 0.15) is 5.41 Å². The standard InChI is InChI=1S/C15H23N3O3/c1-17-8-4-5-11(9-17)10-18-13(20)15(6-2-3-7-15)12(19)16-14(18)21/h11H,2-10H2,1H3,(H,16,19,21). The largest absolute Gasteiger partial charge is 0.330 e. The third-order valence-corrected chi connectivity index (χ3v) is 5.17. The van der Waals surface area contributed by atoms with Gasteiger partial charge in [-0.15, -0.1) is 0 Å². The van der Waals surface area contributed by atoms with Crippen LogP contribution in [0.3, 0.4) is 0 Å². The number of carbonyl (C=O) groups is 3. The Bertz CT molecular complexity index is 471. The fourth-order valence-electron chi connectivity index (χ4n) is 4.00. The zero-order valence-corrected chi connectivity index (χ0v) is 12.6. The molecule has 0 bridgehead atoms. The average molecular weight is 293 g/mol. The summed E-state index contributed by atoms with van der Waals surface area (Å²) in [6, 6.07) is -0.532. The Kier molecular flexibility index (Phi) is 3.73. The van der Waals surface area contributed by atoms with Crippen LogP contribution in [0.2, 0.25) is 0 Å². The minimum absolute atomic E-state index is 0.262. The van der Waals surface area contributed by atoms with Crippen molar-refractivity contribution in [3.05, 3.63) is 0 Å². The van der Waals surface area contributed by atoms with E-state index < -0.39 is 11.4 Å². The molecule has 1 atom stereocenters. The maximum Gasteiger partial charge on any atom is 0.330 e. The van der Waals surface area contributed by atoms with Crippen LogP contribution in [-0.2, 0) is 9.59 Å². The molecule has 0 aromatic rings. The van der Waals surface area contributed by atoms with Gasteiger partial charge >= 0.3 is 6.03 Å². The second kappa shape index (κ2) is 5.40. The summed E-state index contributed by atoms with van der Waals surface area (Å²) in [5.41, 5.74) is -0.964. The lowest BCUT2D eigenvalue weighted by atomic mass is 9.81. The topological polar surface area (TPSA) is 69.7 Å². The van der Waals surface area contributed by atoms with E-state index in [1.54, 1.807) is 0 Å². The summed E-state index contributed by atoms with van der Waals surface area (Å²) in [7, 11) is 2.06. The van der Waals surface area contributed by atoms with Crippen LogP contribution in [-0.4, -0.2) is 54.3 Å². The minimum Gasteiger partial charge on any atom is -0.306 e. The van der Waals surface area contributed by atoms with Gasteiger partial charge in [-0.25, -0.2) is 4.79 Å². The summed E-state index contributed by atoms with van der Waals surface area (Å²) in [6.45, 7) is 2.40. The highest BCUT2D eigenvalue weighted by molar-refractivity contribution is 6.19. The van der Waals surface area contributed by atoms with Gasteiger partial charge in [-0.3, -0.25) is 19.8 Å². The van der Waals surface area contributed by atoms with E-state index in [1.807, 2.05) is 0 Å². The molecule has 1 N–H and O–H groups in total. The molecule has 3 fully saturated rings. The fourth-order valence-corrected chi connectivity index (χ4v) is 4.00. The van der Waals surface area contributed by atoms with Crippen molar-refractivity contribution in [1.82, 2.24) is 15.1 Å². The predicted octanol–water partition coefficient (Wildman–Crippen LogP) is 0.967. The van der Waals surface area contributed by atoms with Crippen molar-refractivity contribution in [3.8, 4) is 0 Å². The number of urea groups is 1. The van der Waals surface area contributed by atoms with Crippen LogP contribution in [0, 0.1) is 11.3 Å². The number of likely N-dealkylation sites (tertiary alicyclic amines) is 1. The van der Waals surface area contributed by atoms with Gasteiger partial charge in [0.2, 0.25) is 11.8 Å². The lowest BCUT2D eigenvalue weighted by Gasteiger charge is -2.39. The minimum atomic E-state index is -0.964.